The minimum Gasteiger partial charge on any atom is -0.298 e. The van der Waals surface area contributed by atoms with Gasteiger partial charge in [0.25, 0.3) is 0 Å². The summed E-state index contributed by atoms with van der Waals surface area (Å²) in [4.78, 5) is 10.9. The summed E-state index contributed by atoms with van der Waals surface area (Å²) in [6.07, 6.45) is 0.567. The summed E-state index contributed by atoms with van der Waals surface area (Å²) in [6.45, 7) is 1.94. The zero-order chi connectivity index (χ0) is 11.5. The molecule has 0 N–H and O–H groups in total. The van der Waals surface area contributed by atoms with Gasteiger partial charge < -0.3 is 0 Å². The van der Waals surface area contributed by atoms with Crippen molar-refractivity contribution in [1.82, 2.24) is 0 Å². The highest BCUT2D eigenvalue weighted by molar-refractivity contribution is 5.88. The van der Waals surface area contributed by atoms with Crippen molar-refractivity contribution in [2.75, 3.05) is 0 Å². The number of hydrogen-bond acceptors (Lipinski definition) is 1. The third kappa shape index (κ3) is 1.74. The van der Waals surface area contributed by atoms with Gasteiger partial charge in [0.1, 0.15) is 5.82 Å². The Morgan fingerprint density at radius 3 is 2.38 bits per heavy atom. The largest absolute Gasteiger partial charge is 0.298 e. The lowest BCUT2D eigenvalue weighted by Crippen LogP contribution is -1.93. The standard InChI is InChI=1S/C14H11FO/c1-10-5-2-3-6-11(10)12-7-4-8-14(15)13(12)9-16/h2-9H,1H3. The van der Waals surface area contributed by atoms with E-state index in [-0.39, 0.29) is 5.56 Å². The molecule has 0 heterocycles. The van der Waals surface area contributed by atoms with Crippen LogP contribution in [0.15, 0.2) is 42.5 Å². The predicted octanol–water partition coefficient (Wildman–Crippen LogP) is 3.61. The van der Waals surface area contributed by atoms with Crippen LogP contribution in [0.1, 0.15) is 15.9 Å². The van der Waals surface area contributed by atoms with Crippen LogP contribution in [-0.4, -0.2) is 6.29 Å². The number of carbonyl (C=O) groups is 1. The minimum atomic E-state index is -0.476. The molecule has 0 aromatic heterocycles. The molecular formula is C14H11FO. The maximum Gasteiger partial charge on any atom is 0.153 e. The Morgan fingerprint density at radius 2 is 1.69 bits per heavy atom. The molecule has 0 saturated carbocycles. The molecule has 0 unspecified atom stereocenters. The molecule has 0 fully saturated rings. The highest BCUT2D eigenvalue weighted by Gasteiger charge is 2.10. The van der Waals surface area contributed by atoms with Crippen LogP contribution in [0.4, 0.5) is 4.39 Å². The van der Waals surface area contributed by atoms with Crippen LogP contribution in [0.3, 0.4) is 0 Å². The molecule has 2 rings (SSSR count). The van der Waals surface area contributed by atoms with Crippen LogP contribution in [0.25, 0.3) is 11.1 Å². The summed E-state index contributed by atoms with van der Waals surface area (Å²) in [5, 5.41) is 0. The van der Waals surface area contributed by atoms with Crippen molar-refractivity contribution in [3.05, 3.63) is 59.4 Å². The summed E-state index contributed by atoms with van der Waals surface area (Å²) < 4.78 is 13.4. The van der Waals surface area contributed by atoms with Gasteiger partial charge in [-0.3, -0.25) is 4.79 Å². The number of benzene rings is 2. The fourth-order valence-electron chi connectivity index (χ4n) is 1.77. The molecule has 1 nitrogen and oxygen atoms in total. The van der Waals surface area contributed by atoms with Crippen LogP contribution in [0.2, 0.25) is 0 Å². The quantitative estimate of drug-likeness (QED) is 0.698. The average Bonchev–Trinajstić information content (AvgIpc) is 2.29. The van der Waals surface area contributed by atoms with Crippen molar-refractivity contribution >= 4 is 6.29 Å². The maximum absolute atomic E-state index is 13.4. The minimum absolute atomic E-state index is 0.122. The van der Waals surface area contributed by atoms with Gasteiger partial charge >= 0.3 is 0 Å². The smallest absolute Gasteiger partial charge is 0.153 e. The second-order valence-corrected chi connectivity index (χ2v) is 3.63. The molecule has 2 aromatic carbocycles. The van der Waals surface area contributed by atoms with E-state index in [2.05, 4.69) is 0 Å². The molecule has 0 spiro atoms. The van der Waals surface area contributed by atoms with E-state index in [0.29, 0.717) is 11.8 Å². The molecule has 0 radical (unpaired) electrons. The first-order valence-corrected chi connectivity index (χ1v) is 5.03. The molecule has 80 valence electrons. The van der Waals surface area contributed by atoms with E-state index in [0.717, 1.165) is 11.1 Å². The molecule has 0 aliphatic carbocycles. The average molecular weight is 214 g/mol. The number of carbonyl (C=O) groups excluding carboxylic acids is 1. The molecule has 2 aromatic rings. The summed E-state index contributed by atoms with van der Waals surface area (Å²) in [7, 11) is 0. The predicted molar refractivity (Wildman–Crippen MR) is 62.0 cm³/mol. The summed E-state index contributed by atoms with van der Waals surface area (Å²) >= 11 is 0. The van der Waals surface area contributed by atoms with Gasteiger partial charge in [-0.15, -0.1) is 0 Å². The van der Waals surface area contributed by atoms with E-state index in [1.165, 1.54) is 6.07 Å². The van der Waals surface area contributed by atoms with Gasteiger partial charge in [-0.2, -0.15) is 0 Å². The normalized spacial score (nSPS) is 10.1. The number of aryl methyl sites for hydroxylation is 1. The van der Waals surface area contributed by atoms with Crippen molar-refractivity contribution in [3.63, 3.8) is 0 Å². The molecule has 0 amide bonds. The van der Waals surface area contributed by atoms with Gasteiger partial charge in [-0.05, 0) is 29.7 Å². The Morgan fingerprint density at radius 1 is 1.00 bits per heavy atom. The SMILES string of the molecule is Cc1ccccc1-c1cccc(F)c1C=O. The van der Waals surface area contributed by atoms with Crippen LogP contribution in [0, 0.1) is 12.7 Å². The monoisotopic (exact) mass is 214 g/mol. The zero-order valence-corrected chi connectivity index (χ0v) is 8.91. The van der Waals surface area contributed by atoms with Crippen LogP contribution >= 0.6 is 0 Å². The van der Waals surface area contributed by atoms with Gasteiger partial charge in [-0.1, -0.05) is 36.4 Å². The molecule has 16 heavy (non-hydrogen) atoms. The first-order valence-electron chi connectivity index (χ1n) is 5.03. The topological polar surface area (TPSA) is 17.1 Å². The molecule has 2 heteroatoms. The van der Waals surface area contributed by atoms with Gasteiger partial charge in [0.15, 0.2) is 6.29 Å². The highest BCUT2D eigenvalue weighted by Crippen LogP contribution is 2.27. The number of rotatable bonds is 2. The lowest BCUT2D eigenvalue weighted by Gasteiger charge is -2.08. The zero-order valence-electron chi connectivity index (χ0n) is 8.91. The van der Waals surface area contributed by atoms with E-state index < -0.39 is 5.82 Å². The number of halogens is 1. The molecule has 0 atom stereocenters. The van der Waals surface area contributed by atoms with Gasteiger partial charge in [-0.25, -0.2) is 4.39 Å². The van der Waals surface area contributed by atoms with Crippen molar-refractivity contribution in [2.45, 2.75) is 6.92 Å². The lowest BCUT2D eigenvalue weighted by molar-refractivity contribution is 0.112. The van der Waals surface area contributed by atoms with Gasteiger partial charge in [0.05, 0.1) is 5.56 Å². The summed E-state index contributed by atoms with van der Waals surface area (Å²) in [5.74, 6) is -0.476. The maximum atomic E-state index is 13.4. The highest BCUT2D eigenvalue weighted by atomic mass is 19.1. The van der Waals surface area contributed by atoms with E-state index in [1.54, 1.807) is 12.1 Å². The second-order valence-electron chi connectivity index (χ2n) is 3.63. The van der Waals surface area contributed by atoms with E-state index in [9.17, 15) is 9.18 Å². The second kappa shape index (κ2) is 4.27. The third-order valence-corrected chi connectivity index (χ3v) is 2.61. The first kappa shape index (κ1) is 10.6. The first-order chi connectivity index (χ1) is 7.74. The Labute approximate surface area is 93.5 Å². The third-order valence-electron chi connectivity index (χ3n) is 2.61. The van der Waals surface area contributed by atoms with Crippen LogP contribution in [-0.2, 0) is 0 Å². The molecule has 0 aliphatic rings. The molecule has 0 bridgehead atoms. The van der Waals surface area contributed by atoms with Gasteiger partial charge in [0, 0.05) is 0 Å². The van der Waals surface area contributed by atoms with Gasteiger partial charge in [0.2, 0.25) is 0 Å². The summed E-state index contributed by atoms with van der Waals surface area (Å²) in [5.41, 5.74) is 2.69. The molecule has 0 aliphatic heterocycles. The van der Waals surface area contributed by atoms with Crippen molar-refractivity contribution in [2.24, 2.45) is 0 Å². The van der Waals surface area contributed by atoms with E-state index in [1.807, 2.05) is 31.2 Å². The lowest BCUT2D eigenvalue weighted by atomic mass is 9.96. The Kier molecular flexibility index (Phi) is 2.82. The van der Waals surface area contributed by atoms with Crippen LogP contribution < -0.4 is 0 Å². The Balaban J connectivity index is 2.69. The van der Waals surface area contributed by atoms with Crippen LogP contribution in [0.5, 0.6) is 0 Å². The molecular weight excluding hydrogens is 203 g/mol. The van der Waals surface area contributed by atoms with Crippen molar-refractivity contribution in [3.8, 4) is 11.1 Å². The van der Waals surface area contributed by atoms with E-state index >= 15 is 0 Å². The number of hydrogen-bond donors (Lipinski definition) is 0. The Bertz CT molecular complexity index is 532. The molecule has 0 saturated heterocycles. The number of aldehydes is 1. The summed E-state index contributed by atoms with van der Waals surface area (Å²) in [6, 6.07) is 12.3. The van der Waals surface area contributed by atoms with Crippen molar-refractivity contribution < 1.29 is 9.18 Å². The fraction of sp³-hybridized carbons (Fsp3) is 0.0714. The Hall–Kier alpha value is -1.96. The fourth-order valence-corrected chi connectivity index (χ4v) is 1.77. The van der Waals surface area contributed by atoms with E-state index in [4.69, 9.17) is 0 Å². The van der Waals surface area contributed by atoms with Crippen molar-refractivity contribution in [1.29, 1.82) is 0 Å².